The van der Waals surface area contributed by atoms with Crippen molar-refractivity contribution in [3.8, 4) is 0 Å². The van der Waals surface area contributed by atoms with Gasteiger partial charge in [0.1, 0.15) is 0 Å². The maximum Gasteiger partial charge on any atom is 0.267 e. The Morgan fingerprint density at radius 2 is 1.90 bits per heavy atom. The van der Waals surface area contributed by atoms with Crippen molar-refractivity contribution in [1.29, 1.82) is 0 Å². The molecule has 0 aromatic heterocycles. The van der Waals surface area contributed by atoms with E-state index in [1.165, 1.54) is 6.42 Å². The van der Waals surface area contributed by atoms with Gasteiger partial charge in [0.2, 0.25) is 0 Å². The topological polar surface area (TPSA) is 44.4 Å². The predicted octanol–water partition coefficient (Wildman–Crippen LogP) is 2.94. The maximum atomic E-state index is 12.5. The summed E-state index contributed by atoms with van der Waals surface area (Å²) >= 11 is 0. The standard InChI is InChI=1S/C16H25N3O/c1-11-8-9-15(17-4)14(10-11)16(20)18-19-12(2)6-5-7-13(19)3/h8-10,12-13,17H,5-7H2,1-4H3,(H,18,20). The molecule has 0 aliphatic carbocycles. The predicted molar refractivity (Wildman–Crippen MR) is 82.8 cm³/mol. The lowest BCUT2D eigenvalue weighted by molar-refractivity contribution is 0.0370. The van der Waals surface area contributed by atoms with Crippen molar-refractivity contribution < 1.29 is 4.79 Å². The zero-order valence-corrected chi connectivity index (χ0v) is 12.9. The van der Waals surface area contributed by atoms with Crippen LogP contribution < -0.4 is 10.7 Å². The number of hydrogen-bond donors (Lipinski definition) is 2. The third-order valence-electron chi connectivity index (χ3n) is 4.11. The second-order valence-corrected chi connectivity index (χ2v) is 5.78. The van der Waals surface area contributed by atoms with Crippen LogP contribution in [-0.4, -0.2) is 30.0 Å². The van der Waals surface area contributed by atoms with E-state index in [0.29, 0.717) is 17.6 Å². The maximum absolute atomic E-state index is 12.5. The van der Waals surface area contributed by atoms with Gasteiger partial charge in [-0.05, 0) is 45.7 Å². The number of hydrazine groups is 1. The highest BCUT2D eigenvalue weighted by Gasteiger charge is 2.26. The van der Waals surface area contributed by atoms with Gasteiger partial charge in [-0.2, -0.15) is 0 Å². The van der Waals surface area contributed by atoms with Crippen LogP contribution in [0.25, 0.3) is 0 Å². The minimum absolute atomic E-state index is 0.0290. The van der Waals surface area contributed by atoms with E-state index in [2.05, 4.69) is 29.6 Å². The van der Waals surface area contributed by atoms with Crippen LogP contribution in [0.4, 0.5) is 5.69 Å². The molecule has 1 aliphatic rings. The molecular formula is C16H25N3O. The van der Waals surface area contributed by atoms with Crippen molar-refractivity contribution in [3.63, 3.8) is 0 Å². The molecule has 0 spiro atoms. The molecule has 0 radical (unpaired) electrons. The van der Waals surface area contributed by atoms with Gasteiger partial charge >= 0.3 is 0 Å². The molecule has 20 heavy (non-hydrogen) atoms. The van der Waals surface area contributed by atoms with Gasteiger partial charge in [0.15, 0.2) is 0 Å². The molecule has 1 heterocycles. The molecule has 1 fully saturated rings. The van der Waals surface area contributed by atoms with Crippen molar-refractivity contribution in [2.75, 3.05) is 12.4 Å². The number of amides is 1. The van der Waals surface area contributed by atoms with E-state index in [-0.39, 0.29) is 5.91 Å². The summed E-state index contributed by atoms with van der Waals surface area (Å²) in [6, 6.07) is 6.68. The molecule has 2 N–H and O–H groups in total. The van der Waals surface area contributed by atoms with E-state index < -0.39 is 0 Å². The van der Waals surface area contributed by atoms with E-state index in [1.54, 1.807) is 0 Å². The number of hydrogen-bond acceptors (Lipinski definition) is 3. The zero-order valence-electron chi connectivity index (χ0n) is 12.9. The quantitative estimate of drug-likeness (QED) is 0.891. The zero-order chi connectivity index (χ0) is 14.7. The third-order valence-corrected chi connectivity index (χ3v) is 4.11. The SMILES string of the molecule is CNc1ccc(C)cc1C(=O)NN1C(C)CCCC1C. The lowest BCUT2D eigenvalue weighted by atomic mass is 10.00. The van der Waals surface area contributed by atoms with Crippen LogP contribution in [0.1, 0.15) is 49.0 Å². The van der Waals surface area contributed by atoms with Crippen molar-refractivity contribution >= 4 is 11.6 Å². The summed E-state index contributed by atoms with van der Waals surface area (Å²) in [6.45, 7) is 6.35. The lowest BCUT2D eigenvalue weighted by Gasteiger charge is -2.38. The summed E-state index contributed by atoms with van der Waals surface area (Å²) in [5.74, 6) is -0.0290. The Morgan fingerprint density at radius 3 is 2.50 bits per heavy atom. The van der Waals surface area contributed by atoms with Crippen molar-refractivity contribution in [2.45, 2.75) is 52.1 Å². The molecule has 1 saturated heterocycles. The van der Waals surface area contributed by atoms with Crippen LogP contribution in [0.5, 0.6) is 0 Å². The highest BCUT2D eigenvalue weighted by Crippen LogP contribution is 2.22. The highest BCUT2D eigenvalue weighted by molar-refractivity contribution is 5.99. The van der Waals surface area contributed by atoms with Gasteiger partial charge in [-0.15, -0.1) is 0 Å². The molecule has 1 aromatic carbocycles. The monoisotopic (exact) mass is 275 g/mol. The van der Waals surface area contributed by atoms with E-state index in [0.717, 1.165) is 24.1 Å². The fraction of sp³-hybridized carbons (Fsp3) is 0.562. The van der Waals surface area contributed by atoms with Gasteiger partial charge in [-0.25, -0.2) is 5.01 Å². The molecule has 4 heteroatoms. The first-order valence-corrected chi connectivity index (χ1v) is 7.40. The van der Waals surface area contributed by atoms with Crippen LogP contribution in [0.15, 0.2) is 18.2 Å². The van der Waals surface area contributed by atoms with Crippen LogP contribution >= 0.6 is 0 Å². The highest BCUT2D eigenvalue weighted by atomic mass is 16.2. The average molecular weight is 275 g/mol. The van der Waals surface area contributed by atoms with Crippen LogP contribution in [0, 0.1) is 6.92 Å². The van der Waals surface area contributed by atoms with E-state index in [1.807, 2.05) is 32.2 Å². The van der Waals surface area contributed by atoms with Gasteiger partial charge in [-0.1, -0.05) is 18.1 Å². The first kappa shape index (κ1) is 14.9. The smallest absolute Gasteiger partial charge is 0.267 e. The first-order chi connectivity index (χ1) is 9.52. The summed E-state index contributed by atoms with van der Waals surface area (Å²) in [5, 5.41) is 5.19. The number of aryl methyl sites for hydroxylation is 1. The molecule has 2 atom stereocenters. The van der Waals surface area contributed by atoms with Crippen molar-refractivity contribution in [2.24, 2.45) is 0 Å². The number of benzene rings is 1. The lowest BCUT2D eigenvalue weighted by Crippen LogP contribution is -2.54. The van der Waals surface area contributed by atoms with E-state index in [4.69, 9.17) is 0 Å². The Kier molecular flexibility index (Phi) is 4.65. The van der Waals surface area contributed by atoms with Crippen LogP contribution in [0.3, 0.4) is 0 Å². The number of piperidine rings is 1. The van der Waals surface area contributed by atoms with Gasteiger partial charge in [0, 0.05) is 24.8 Å². The minimum Gasteiger partial charge on any atom is -0.387 e. The largest absolute Gasteiger partial charge is 0.387 e. The first-order valence-electron chi connectivity index (χ1n) is 7.40. The number of rotatable bonds is 3. The second-order valence-electron chi connectivity index (χ2n) is 5.78. The molecule has 1 aromatic rings. The third kappa shape index (κ3) is 3.12. The Hall–Kier alpha value is -1.55. The Morgan fingerprint density at radius 1 is 1.25 bits per heavy atom. The average Bonchev–Trinajstić information content (AvgIpc) is 2.43. The summed E-state index contributed by atoms with van der Waals surface area (Å²) in [7, 11) is 1.84. The number of anilines is 1. The number of carbonyl (C=O) groups is 1. The molecule has 2 rings (SSSR count). The van der Waals surface area contributed by atoms with Crippen molar-refractivity contribution in [1.82, 2.24) is 10.4 Å². The van der Waals surface area contributed by atoms with Gasteiger partial charge < -0.3 is 5.32 Å². The van der Waals surface area contributed by atoms with Crippen LogP contribution in [-0.2, 0) is 0 Å². The Labute approximate surface area is 121 Å². The van der Waals surface area contributed by atoms with E-state index in [9.17, 15) is 4.79 Å². The Bertz CT molecular complexity index is 477. The molecular weight excluding hydrogens is 250 g/mol. The summed E-state index contributed by atoms with van der Waals surface area (Å²) in [4.78, 5) is 12.5. The van der Waals surface area contributed by atoms with Gasteiger partial charge in [0.25, 0.3) is 5.91 Å². The van der Waals surface area contributed by atoms with Gasteiger partial charge in [0.05, 0.1) is 5.56 Å². The molecule has 1 aliphatic heterocycles. The van der Waals surface area contributed by atoms with Crippen molar-refractivity contribution in [3.05, 3.63) is 29.3 Å². The van der Waals surface area contributed by atoms with Crippen LogP contribution in [0.2, 0.25) is 0 Å². The summed E-state index contributed by atoms with van der Waals surface area (Å²) in [5.41, 5.74) is 5.75. The summed E-state index contributed by atoms with van der Waals surface area (Å²) < 4.78 is 0. The number of nitrogens with zero attached hydrogens (tertiary/aromatic N) is 1. The molecule has 0 saturated carbocycles. The van der Waals surface area contributed by atoms with Gasteiger partial charge in [-0.3, -0.25) is 10.2 Å². The molecule has 110 valence electrons. The second kappa shape index (κ2) is 6.27. The fourth-order valence-corrected chi connectivity index (χ4v) is 2.88. The fourth-order valence-electron chi connectivity index (χ4n) is 2.88. The number of carbonyl (C=O) groups excluding carboxylic acids is 1. The van der Waals surface area contributed by atoms with E-state index >= 15 is 0 Å². The molecule has 1 amide bonds. The summed E-state index contributed by atoms with van der Waals surface area (Å²) in [6.07, 6.45) is 3.51. The molecule has 2 unspecified atom stereocenters. The minimum atomic E-state index is -0.0290. The molecule has 0 bridgehead atoms. The Balaban J connectivity index is 2.17. The normalized spacial score (nSPS) is 23.4. The number of nitrogens with one attached hydrogen (secondary N) is 2. The molecule has 4 nitrogen and oxygen atoms in total.